The predicted octanol–water partition coefficient (Wildman–Crippen LogP) is 13.5. The van der Waals surface area contributed by atoms with Crippen molar-refractivity contribution < 1.29 is 2.74 Å². The van der Waals surface area contributed by atoms with Crippen molar-refractivity contribution in [2.24, 2.45) is 0 Å². The fraction of sp³-hybridized carbons (Fsp3) is 0.102. The maximum absolute atomic E-state index is 9.36. The first-order valence-corrected chi connectivity index (χ1v) is 18.0. The number of aromatic nitrogens is 1. The molecule has 1 aromatic heterocycles. The van der Waals surface area contributed by atoms with Crippen molar-refractivity contribution in [3.8, 4) is 16.8 Å². The molecule has 0 spiro atoms. The number of hydrogen-bond acceptors (Lipinski definition) is 1. The number of rotatable bonds is 8. The van der Waals surface area contributed by atoms with E-state index in [4.69, 9.17) is 0 Å². The molecule has 0 radical (unpaired) electrons. The number of hydrogen-bond donors (Lipinski definition) is 0. The van der Waals surface area contributed by atoms with Crippen LogP contribution in [0.5, 0.6) is 0 Å². The van der Waals surface area contributed by atoms with E-state index in [-0.39, 0.29) is 17.5 Å². The summed E-state index contributed by atoms with van der Waals surface area (Å²) >= 11 is 0. The van der Waals surface area contributed by atoms with Crippen LogP contribution < -0.4 is 4.90 Å². The van der Waals surface area contributed by atoms with Crippen LogP contribution in [0.4, 0.5) is 17.1 Å². The van der Waals surface area contributed by atoms with E-state index < -0.39 is 0 Å². The van der Waals surface area contributed by atoms with Gasteiger partial charge >= 0.3 is 0 Å². The molecule has 2 nitrogen and oxygen atoms in total. The minimum atomic E-state index is -0.246. The zero-order chi connectivity index (χ0) is 36.1. The topological polar surface area (TPSA) is 8.17 Å². The minimum absolute atomic E-state index is 0.211. The lowest BCUT2D eigenvalue weighted by Crippen LogP contribution is -2.24. The van der Waals surface area contributed by atoms with Gasteiger partial charge in [-0.05, 0) is 101 Å². The Hall–Kier alpha value is -6.12. The van der Waals surface area contributed by atoms with Crippen molar-refractivity contribution in [1.82, 2.24) is 4.57 Å². The molecule has 2 heteroatoms. The molecule has 0 amide bonds. The second kappa shape index (κ2) is 12.6. The quantitative estimate of drug-likeness (QED) is 0.148. The number of benzene rings is 7. The first kappa shape index (κ1) is 28.7. The molecule has 0 unspecified atom stereocenters. The van der Waals surface area contributed by atoms with Gasteiger partial charge in [0.15, 0.2) is 0 Å². The first-order chi connectivity index (χ1) is 26.0. The fourth-order valence-electron chi connectivity index (χ4n) is 8.42. The van der Waals surface area contributed by atoms with Crippen molar-refractivity contribution in [3.63, 3.8) is 0 Å². The van der Waals surface area contributed by atoms with Crippen molar-refractivity contribution in [2.75, 3.05) is 4.90 Å². The van der Waals surface area contributed by atoms with Gasteiger partial charge in [-0.3, -0.25) is 0 Å². The molecule has 51 heavy (non-hydrogen) atoms. The summed E-state index contributed by atoms with van der Waals surface area (Å²) in [5.74, 6) is 0. The molecule has 9 rings (SSSR count). The Morgan fingerprint density at radius 1 is 0.549 bits per heavy atom. The van der Waals surface area contributed by atoms with Gasteiger partial charge in [-0.2, -0.15) is 0 Å². The Morgan fingerprint density at radius 2 is 1.10 bits per heavy atom. The highest BCUT2D eigenvalue weighted by molar-refractivity contribution is 6.13. The second-order valence-corrected chi connectivity index (χ2v) is 13.4. The third-order valence-corrected chi connectivity index (χ3v) is 10.9. The Bertz CT molecular complexity index is 2600. The third-order valence-electron chi connectivity index (χ3n) is 10.9. The predicted molar refractivity (Wildman–Crippen MR) is 218 cm³/mol. The van der Waals surface area contributed by atoms with Crippen LogP contribution in [0.2, 0.25) is 0 Å². The summed E-state index contributed by atoms with van der Waals surface area (Å²) < 4.78 is 21.1. The van der Waals surface area contributed by atoms with Gasteiger partial charge in [0, 0.05) is 38.9 Å². The van der Waals surface area contributed by atoms with E-state index in [2.05, 4.69) is 126 Å². The summed E-state index contributed by atoms with van der Waals surface area (Å²) in [5, 5.41) is 2.52. The average molecular weight is 659 g/mol. The standard InChI is InChI=1S/C49H40N2/c1-3-49(4-2)45-34-36(25-24-35-26-29-40(30-27-35)50(37-16-8-5-9-17-37)38-18-10-6-11-19-38)28-31-41(45)43-32-33-44-42-22-14-15-23-46(42)51(48(44)47(43)49)39-20-12-7-13-21-39/h5-34H,3-4H2,1-2H3/b25-24+/i24D,25D. The van der Waals surface area contributed by atoms with Gasteiger partial charge in [-0.1, -0.05) is 141 Å². The van der Waals surface area contributed by atoms with E-state index in [9.17, 15) is 2.74 Å². The number of para-hydroxylation sites is 4. The summed E-state index contributed by atoms with van der Waals surface area (Å²) in [7, 11) is 0. The third kappa shape index (κ3) is 5.02. The summed E-state index contributed by atoms with van der Waals surface area (Å²) in [4.78, 5) is 2.21. The summed E-state index contributed by atoms with van der Waals surface area (Å²) in [5.41, 5.74) is 13.1. The van der Waals surface area contributed by atoms with Crippen molar-refractivity contribution >= 4 is 51.0 Å². The number of anilines is 3. The average Bonchev–Trinajstić information content (AvgIpc) is 3.71. The van der Waals surface area contributed by atoms with Crippen LogP contribution >= 0.6 is 0 Å². The summed E-state index contributed by atoms with van der Waals surface area (Å²) in [6.45, 7) is 4.60. The number of fused-ring (bicyclic) bond motifs is 7. The van der Waals surface area contributed by atoms with Gasteiger partial charge in [-0.25, -0.2) is 0 Å². The monoisotopic (exact) mass is 658 g/mol. The molecule has 0 saturated heterocycles. The van der Waals surface area contributed by atoms with Crippen LogP contribution in [0, 0.1) is 0 Å². The molecule has 8 aromatic rings. The molecule has 0 N–H and O–H groups in total. The molecule has 7 aromatic carbocycles. The lowest BCUT2D eigenvalue weighted by molar-refractivity contribution is 0.493. The smallest absolute Gasteiger partial charge is 0.0629 e. The van der Waals surface area contributed by atoms with Crippen LogP contribution in [0.15, 0.2) is 170 Å². The molecule has 0 fully saturated rings. The maximum atomic E-state index is 9.36. The lowest BCUT2D eigenvalue weighted by atomic mass is 9.73. The summed E-state index contributed by atoms with van der Waals surface area (Å²) in [6.07, 6.45) is 1.85. The molecule has 1 aliphatic rings. The molecule has 0 atom stereocenters. The van der Waals surface area contributed by atoms with E-state index in [0.717, 1.165) is 46.7 Å². The SMILES string of the molecule is [2H]/C(=C(/[2H])c1ccc2c(c1)C(CC)(CC)c1c-2ccc2c3ccccc3n(-c3ccccc3)c12)c1ccc(N(c2ccccc2)c2ccccc2)cc1. The maximum Gasteiger partial charge on any atom is 0.0629 e. The molecule has 1 aliphatic carbocycles. The van der Waals surface area contributed by atoms with Gasteiger partial charge < -0.3 is 9.47 Å². The largest absolute Gasteiger partial charge is 0.311 e. The molecule has 246 valence electrons. The molecular formula is C49H40N2. The van der Waals surface area contributed by atoms with Crippen LogP contribution in [0.25, 0.3) is 50.7 Å². The molecule has 0 aliphatic heterocycles. The Morgan fingerprint density at radius 3 is 1.76 bits per heavy atom. The lowest BCUT2D eigenvalue weighted by Gasteiger charge is -2.31. The normalized spacial score (nSPS) is 14.1. The Balaban J connectivity index is 1.15. The molecule has 0 saturated carbocycles. The van der Waals surface area contributed by atoms with Crippen molar-refractivity contribution in [1.29, 1.82) is 0 Å². The number of nitrogens with zero attached hydrogens (tertiary/aromatic N) is 2. The Kier molecular flexibility index (Phi) is 7.11. The van der Waals surface area contributed by atoms with Crippen molar-refractivity contribution in [3.05, 3.63) is 192 Å². The first-order valence-electron chi connectivity index (χ1n) is 19.0. The van der Waals surface area contributed by atoms with Gasteiger partial charge in [-0.15, -0.1) is 0 Å². The van der Waals surface area contributed by atoms with E-state index >= 15 is 0 Å². The fourth-order valence-corrected chi connectivity index (χ4v) is 8.42. The van der Waals surface area contributed by atoms with Crippen LogP contribution in [-0.4, -0.2) is 4.57 Å². The minimum Gasteiger partial charge on any atom is -0.311 e. The summed E-state index contributed by atoms with van der Waals surface area (Å²) in [6, 6.07) is 59.6. The molecule has 1 heterocycles. The van der Waals surface area contributed by atoms with Crippen LogP contribution in [0.1, 0.15) is 51.7 Å². The highest BCUT2D eigenvalue weighted by Gasteiger charge is 2.43. The van der Waals surface area contributed by atoms with Crippen molar-refractivity contribution in [2.45, 2.75) is 32.1 Å². The second-order valence-electron chi connectivity index (χ2n) is 13.4. The van der Waals surface area contributed by atoms with E-state index in [1.807, 2.05) is 66.7 Å². The zero-order valence-corrected chi connectivity index (χ0v) is 29.0. The van der Waals surface area contributed by atoms with E-state index in [0.29, 0.717) is 0 Å². The van der Waals surface area contributed by atoms with Gasteiger partial charge in [0.05, 0.1) is 13.8 Å². The van der Waals surface area contributed by atoms with Crippen LogP contribution in [0.3, 0.4) is 0 Å². The Labute approximate surface area is 303 Å². The highest BCUT2D eigenvalue weighted by atomic mass is 15.1. The van der Waals surface area contributed by atoms with Gasteiger partial charge in [0.25, 0.3) is 0 Å². The molecule has 0 bridgehead atoms. The van der Waals surface area contributed by atoms with Gasteiger partial charge in [0.2, 0.25) is 0 Å². The van der Waals surface area contributed by atoms with Crippen LogP contribution in [-0.2, 0) is 5.41 Å². The highest BCUT2D eigenvalue weighted by Crippen LogP contribution is 2.56. The molecular weight excluding hydrogens is 617 g/mol. The van der Waals surface area contributed by atoms with E-state index in [1.54, 1.807) is 0 Å². The van der Waals surface area contributed by atoms with Gasteiger partial charge in [0.1, 0.15) is 0 Å². The zero-order valence-electron chi connectivity index (χ0n) is 31.0. The van der Waals surface area contributed by atoms with E-state index in [1.165, 1.54) is 44.1 Å².